The van der Waals surface area contributed by atoms with E-state index in [0.29, 0.717) is 0 Å². The Balaban J connectivity index is 1.07. The molecule has 426 valence electrons. The van der Waals surface area contributed by atoms with Crippen molar-refractivity contribution in [3.05, 3.63) is 197 Å². The predicted molar refractivity (Wildman–Crippen MR) is 374 cm³/mol. The average molecular weight is 1150 g/mol. The molecule has 9 aromatic carbocycles. The van der Waals surface area contributed by atoms with Gasteiger partial charge in [0.25, 0.3) is 6.71 Å². The van der Waals surface area contributed by atoms with Gasteiger partial charge in [-0.2, -0.15) is 0 Å². The molecule has 85 heavy (non-hydrogen) atoms. The van der Waals surface area contributed by atoms with Crippen molar-refractivity contribution in [2.45, 2.75) is 162 Å². The quantitative estimate of drug-likeness (QED) is 0.163. The average Bonchev–Trinajstić information content (AvgIpc) is 1.71. The van der Waals surface area contributed by atoms with Crippen molar-refractivity contribution in [3.8, 4) is 11.1 Å². The third kappa shape index (κ3) is 8.09. The zero-order valence-electron chi connectivity index (χ0n) is 52.7. The van der Waals surface area contributed by atoms with Crippen LogP contribution in [0.1, 0.15) is 156 Å². The number of benzene rings is 9. The van der Waals surface area contributed by atoms with Gasteiger partial charge in [-0.1, -0.05) is 188 Å². The minimum absolute atomic E-state index is 0.0123. The first-order valence-electron chi connectivity index (χ1n) is 31.3. The number of hydrogen-bond acceptors (Lipinski definition) is 5. The maximum absolute atomic E-state index is 2.81. The van der Waals surface area contributed by atoms with E-state index in [1.165, 1.54) is 166 Å². The van der Waals surface area contributed by atoms with Crippen molar-refractivity contribution in [2.24, 2.45) is 0 Å². The molecular formula is C79H80BN3S2. The van der Waals surface area contributed by atoms with Crippen LogP contribution in [0.3, 0.4) is 0 Å². The van der Waals surface area contributed by atoms with Crippen molar-refractivity contribution >= 4 is 132 Å². The largest absolute Gasteiger partial charge is 0.334 e. The summed E-state index contributed by atoms with van der Waals surface area (Å²) in [7, 11) is 0. The fraction of sp³-hybridized carbons (Fsp3) is 0.316. The Morgan fingerprint density at radius 1 is 0.447 bits per heavy atom. The second-order valence-corrected chi connectivity index (χ2v) is 32.3. The molecule has 4 aliphatic rings. The number of hydrogen-bond donors (Lipinski definition) is 0. The molecule has 3 nitrogen and oxygen atoms in total. The van der Waals surface area contributed by atoms with Crippen LogP contribution >= 0.6 is 22.7 Å². The van der Waals surface area contributed by atoms with Crippen molar-refractivity contribution < 1.29 is 0 Å². The normalized spacial score (nSPS) is 18.6. The Morgan fingerprint density at radius 3 is 1.73 bits per heavy atom. The smallest absolute Gasteiger partial charge is 0.252 e. The molecule has 0 N–H and O–H groups in total. The lowest BCUT2D eigenvalue weighted by Crippen LogP contribution is -2.61. The SMILES string of the molecule is Cc1cc2c3c(c1)N(c1ccc(C(C)(C)C)cc1-c1ccccc1)c1c(ccc4sc5ccc(C(C)(C)C)cc5c14)B3c1ccc(N3c4ccc(C(C)(C)C)cc4C4(C)CCCCC34C)cc1N2c1cccc2c1sc1ccc(C(C)(C)C)cc12. The van der Waals surface area contributed by atoms with Crippen LogP contribution in [0.4, 0.5) is 45.5 Å². The molecule has 0 bridgehead atoms. The van der Waals surface area contributed by atoms with E-state index < -0.39 is 0 Å². The van der Waals surface area contributed by atoms with Gasteiger partial charge in [0.15, 0.2) is 0 Å². The van der Waals surface area contributed by atoms with E-state index in [9.17, 15) is 0 Å². The van der Waals surface area contributed by atoms with Crippen molar-refractivity contribution in [1.29, 1.82) is 0 Å². The van der Waals surface area contributed by atoms with Crippen LogP contribution in [-0.2, 0) is 27.1 Å². The van der Waals surface area contributed by atoms with E-state index in [2.05, 4.69) is 282 Å². The summed E-state index contributed by atoms with van der Waals surface area (Å²) < 4.78 is 5.29. The number of fused-ring (bicyclic) bond motifs is 14. The van der Waals surface area contributed by atoms with Gasteiger partial charge in [0.05, 0.1) is 27.3 Å². The van der Waals surface area contributed by atoms with Gasteiger partial charge in [-0.25, -0.2) is 0 Å². The standard InChI is InChI=1S/C79H80BN3S2/c1-47-40-65-71-66(41-47)82(61-33-26-49(74(2,3)4)42-55(61)48-22-17-16-18-23-48)72-60(32-37-69-70(72)57-44-51(76(8,9)10)29-36-68(57)84-69)80(71)59-31-30-53(83-62-34-27-52(77(11,12)13)45-58(62)78(14)38-19-20-39-79(78,83)15)46-64(59)81(65)63-25-21-24-54-56-43-50(75(5,6)7)28-35-67(56)85-73(54)63/h16-18,21-37,40-46H,19-20,38-39H2,1-15H3. The minimum Gasteiger partial charge on any atom is -0.334 e. The predicted octanol–water partition coefficient (Wildman–Crippen LogP) is 21.4. The number of anilines is 8. The summed E-state index contributed by atoms with van der Waals surface area (Å²) in [5.41, 5.74) is 24.7. The molecule has 3 aliphatic heterocycles. The van der Waals surface area contributed by atoms with E-state index in [-0.39, 0.29) is 39.3 Å². The van der Waals surface area contributed by atoms with Gasteiger partial charge in [0.2, 0.25) is 0 Å². The molecule has 0 amide bonds. The second kappa shape index (κ2) is 18.5. The van der Waals surface area contributed by atoms with Crippen LogP contribution in [0.15, 0.2) is 164 Å². The summed E-state index contributed by atoms with van der Waals surface area (Å²) >= 11 is 3.89. The third-order valence-corrected chi connectivity index (χ3v) is 23.0. The Kier molecular flexibility index (Phi) is 11.8. The van der Waals surface area contributed by atoms with Gasteiger partial charge in [0, 0.05) is 75.1 Å². The summed E-state index contributed by atoms with van der Waals surface area (Å²) in [6, 6.07) is 65.5. The highest BCUT2D eigenvalue weighted by Gasteiger charge is 2.58. The second-order valence-electron chi connectivity index (χ2n) is 30.2. The van der Waals surface area contributed by atoms with E-state index in [4.69, 9.17) is 0 Å². The monoisotopic (exact) mass is 1150 g/mol. The first-order chi connectivity index (χ1) is 40.3. The molecule has 1 fully saturated rings. The summed E-state index contributed by atoms with van der Waals surface area (Å²) in [4.78, 5) is 8.27. The fourth-order valence-electron chi connectivity index (χ4n) is 15.7. The Bertz CT molecular complexity index is 4610. The Labute approximate surface area is 513 Å². The Hall–Kier alpha value is -7.12. The number of rotatable bonds is 4. The summed E-state index contributed by atoms with van der Waals surface area (Å²) in [5, 5.41) is 5.34. The highest BCUT2D eigenvalue weighted by molar-refractivity contribution is 7.26. The Morgan fingerprint density at radius 2 is 1.04 bits per heavy atom. The van der Waals surface area contributed by atoms with Gasteiger partial charge < -0.3 is 14.7 Å². The molecule has 15 rings (SSSR count). The fourth-order valence-corrected chi connectivity index (χ4v) is 17.9. The molecule has 1 saturated carbocycles. The third-order valence-electron chi connectivity index (χ3n) is 20.7. The van der Waals surface area contributed by atoms with Crippen LogP contribution < -0.4 is 31.1 Å². The molecule has 2 atom stereocenters. The molecule has 0 saturated heterocycles. The number of nitrogens with zero attached hydrogens (tertiary/aromatic N) is 3. The van der Waals surface area contributed by atoms with E-state index in [0.717, 1.165) is 6.42 Å². The summed E-state index contributed by atoms with van der Waals surface area (Å²) in [5.74, 6) is 0. The maximum atomic E-state index is 2.81. The molecule has 6 heteroatoms. The van der Waals surface area contributed by atoms with Gasteiger partial charge in [-0.05, 0) is 183 Å². The summed E-state index contributed by atoms with van der Waals surface area (Å²) in [6.07, 6.45) is 4.80. The van der Waals surface area contributed by atoms with E-state index in [1.807, 2.05) is 22.7 Å². The number of thiophene rings is 2. The molecule has 0 radical (unpaired) electrons. The first kappa shape index (κ1) is 54.5. The number of aryl methyl sites for hydroxylation is 1. The van der Waals surface area contributed by atoms with Crippen molar-refractivity contribution in [2.75, 3.05) is 14.7 Å². The topological polar surface area (TPSA) is 9.72 Å². The lowest BCUT2D eigenvalue weighted by atomic mass is 9.33. The van der Waals surface area contributed by atoms with E-state index >= 15 is 0 Å². The minimum atomic E-state index is -0.121. The molecule has 0 spiro atoms. The van der Waals surface area contributed by atoms with Crippen LogP contribution in [0.5, 0.6) is 0 Å². The molecule has 5 heterocycles. The lowest BCUT2D eigenvalue weighted by Gasteiger charge is -2.50. The van der Waals surface area contributed by atoms with Gasteiger partial charge in [-0.3, -0.25) is 0 Å². The van der Waals surface area contributed by atoms with Crippen molar-refractivity contribution in [1.82, 2.24) is 0 Å². The zero-order valence-corrected chi connectivity index (χ0v) is 54.3. The summed E-state index contributed by atoms with van der Waals surface area (Å²) in [6.45, 7) is 35.7. The molecule has 11 aromatic rings. The van der Waals surface area contributed by atoms with Gasteiger partial charge in [-0.15, -0.1) is 22.7 Å². The molecule has 1 aliphatic carbocycles. The van der Waals surface area contributed by atoms with Gasteiger partial charge in [0.1, 0.15) is 0 Å². The van der Waals surface area contributed by atoms with Crippen LogP contribution in [0, 0.1) is 6.92 Å². The molecule has 2 aromatic heterocycles. The molecular weight excluding hydrogens is 1070 g/mol. The van der Waals surface area contributed by atoms with Gasteiger partial charge >= 0.3 is 0 Å². The highest BCUT2D eigenvalue weighted by Crippen LogP contribution is 2.62. The maximum Gasteiger partial charge on any atom is 0.252 e. The van der Waals surface area contributed by atoms with Crippen LogP contribution in [-0.4, -0.2) is 12.3 Å². The van der Waals surface area contributed by atoms with Crippen LogP contribution in [0.2, 0.25) is 0 Å². The van der Waals surface area contributed by atoms with Crippen molar-refractivity contribution in [3.63, 3.8) is 0 Å². The zero-order chi connectivity index (χ0) is 59.2. The van der Waals surface area contributed by atoms with E-state index in [1.54, 1.807) is 0 Å². The lowest BCUT2D eigenvalue weighted by molar-refractivity contribution is 0.195. The van der Waals surface area contributed by atoms with Crippen LogP contribution in [0.25, 0.3) is 51.5 Å². The first-order valence-corrected chi connectivity index (χ1v) is 32.9. The highest BCUT2D eigenvalue weighted by atomic mass is 32.1. The molecule has 2 unspecified atom stereocenters.